The van der Waals surface area contributed by atoms with Crippen molar-refractivity contribution < 1.29 is 24.2 Å². The lowest BCUT2D eigenvalue weighted by Crippen LogP contribution is -2.42. The Morgan fingerprint density at radius 1 is 1.03 bits per heavy atom. The van der Waals surface area contributed by atoms with E-state index in [1.165, 1.54) is 13.0 Å². The van der Waals surface area contributed by atoms with Crippen molar-refractivity contribution in [3.8, 4) is 11.1 Å². The largest absolute Gasteiger partial charge is 0.478 e. The molecular weight excluding hydrogens is 500 g/mol. The van der Waals surface area contributed by atoms with Crippen molar-refractivity contribution in [3.63, 3.8) is 0 Å². The first kappa shape index (κ1) is 23.5. The zero-order valence-electron chi connectivity index (χ0n) is 18.6. The number of ether oxygens (including phenoxy) is 1. The SMILES string of the molecule is Cc1cc(Br)c(C(=O)O)cc1NC(=O)[C@@H](C)NC(=O)OCC1c2ccccc2-c2ccccc21. The summed E-state index contributed by atoms with van der Waals surface area (Å²) in [5, 5.41) is 14.5. The van der Waals surface area contributed by atoms with Crippen LogP contribution in [0.5, 0.6) is 0 Å². The molecule has 0 bridgehead atoms. The van der Waals surface area contributed by atoms with E-state index < -0.39 is 24.0 Å². The number of carboxylic acids is 1. The van der Waals surface area contributed by atoms with Crippen molar-refractivity contribution in [2.45, 2.75) is 25.8 Å². The Bertz CT molecular complexity index is 1240. The van der Waals surface area contributed by atoms with Crippen LogP contribution in [0.3, 0.4) is 0 Å². The van der Waals surface area contributed by atoms with E-state index in [2.05, 4.69) is 38.7 Å². The van der Waals surface area contributed by atoms with Crippen molar-refractivity contribution in [2.24, 2.45) is 0 Å². The van der Waals surface area contributed by atoms with Crippen LogP contribution in [0.2, 0.25) is 0 Å². The Morgan fingerprint density at radius 3 is 2.21 bits per heavy atom. The lowest BCUT2D eigenvalue weighted by Gasteiger charge is -2.18. The number of fused-ring (bicyclic) bond motifs is 3. The fourth-order valence-corrected chi connectivity index (χ4v) is 4.72. The number of carbonyl (C=O) groups is 3. The molecule has 7 nitrogen and oxygen atoms in total. The summed E-state index contributed by atoms with van der Waals surface area (Å²) >= 11 is 3.21. The number of rotatable bonds is 6. The van der Waals surface area contributed by atoms with Gasteiger partial charge in [0.1, 0.15) is 12.6 Å². The summed E-state index contributed by atoms with van der Waals surface area (Å²) in [5.41, 5.74) is 5.52. The highest BCUT2D eigenvalue weighted by Crippen LogP contribution is 2.44. The maximum atomic E-state index is 12.6. The molecule has 3 aromatic rings. The molecule has 8 heteroatoms. The van der Waals surface area contributed by atoms with Gasteiger partial charge in [-0.3, -0.25) is 4.79 Å². The molecule has 1 aliphatic carbocycles. The van der Waals surface area contributed by atoms with Crippen LogP contribution in [0.15, 0.2) is 65.1 Å². The third-order valence-corrected chi connectivity index (χ3v) is 6.53. The first-order valence-corrected chi connectivity index (χ1v) is 11.5. The molecule has 2 amide bonds. The van der Waals surface area contributed by atoms with Gasteiger partial charge in [-0.2, -0.15) is 0 Å². The molecule has 1 atom stereocenters. The molecule has 0 radical (unpaired) electrons. The smallest absolute Gasteiger partial charge is 0.407 e. The van der Waals surface area contributed by atoms with Gasteiger partial charge in [-0.05, 0) is 69.7 Å². The number of aryl methyl sites for hydroxylation is 1. The maximum absolute atomic E-state index is 12.6. The molecule has 3 aromatic carbocycles. The topological polar surface area (TPSA) is 105 Å². The Hall–Kier alpha value is -3.65. The molecule has 3 N–H and O–H groups in total. The van der Waals surface area contributed by atoms with Crippen molar-refractivity contribution in [3.05, 3.63) is 87.4 Å². The summed E-state index contributed by atoms with van der Waals surface area (Å²) in [4.78, 5) is 36.4. The predicted octanol–water partition coefficient (Wildman–Crippen LogP) is 5.32. The highest BCUT2D eigenvalue weighted by atomic mass is 79.9. The van der Waals surface area contributed by atoms with Crippen molar-refractivity contribution in [1.29, 1.82) is 0 Å². The molecule has 0 unspecified atom stereocenters. The van der Waals surface area contributed by atoms with Crippen LogP contribution < -0.4 is 10.6 Å². The minimum Gasteiger partial charge on any atom is -0.478 e. The lowest BCUT2D eigenvalue weighted by atomic mass is 9.98. The normalized spacial score (nSPS) is 12.9. The molecule has 0 saturated carbocycles. The third kappa shape index (κ3) is 4.68. The number of benzene rings is 3. The molecule has 1 aliphatic rings. The van der Waals surface area contributed by atoms with Crippen LogP contribution in [0.25, 0.3) is 11.1 Å². The van der Waals surface area contributed by atoms with Gasteiger partial charge in [0.15, 0.2) is 0 Å². The number of carbonyl (C=O) groups excluding carboxylic acids is 2. The quantitative estimate of drug-likeness (QED) is 0.406. The average Bonchev–Trinajstić information content (AvgIpc) is 3.13. The molecule has 0 heterocycles. The van der Waals surface area contributed by atoms with Gasteiger partial charge in [-0.25, -0.2) is 9.59 Å². The van der Waals surface area contributed by atoms with Crippen LogP contribution in [0.4, 0.5) is 10.5 Å². The van der Waals surface area contributed by atoms with E-state index in [1.807, 2.05) is 36.4 Å². The number of hydrogen-bond acceptors (Lipinski definition) is 4. The van der Waals surface area contributed by atoms with E-state index in [0.717, 1.165) is 22.3 Å². The summed E-state index contributed by atoms with van der Waals surface area (Å²) in [6, 6.07) is 18.2. The summed E-state index contributed by atoms with van der Waals surface area (Å²) in [6.07, 6.45) is -0.705. The minimum atomic E-state index is -1.12. The number of carboxylic acid groups (broad SMARTS) is 1. The van der Waals surface area contributed by atoms with Gasteiger partial charge in [0.2, 0.25) is 5.91 Å². The van der Waals surface area contributed by atoms with E-state index in [-0.39, 0.29) is 18.1 Å². The summed E-state index contributed by atoms with van der Waals surface area (Å²) in [7, 11) is 0. The van der Waals surface area contributed by atoms with Crippen LogP contribution >= 0.6 is 15.9 Å². The lowest BCUT2D eigenvalue weighted by molar-refractivity contribution is -0.117. The standard InChI is InChI=1S/C26H23BrN2O5/c1-14-11-22(27)20(25(31)32)12-23(14)29-24(30)15(2)28-26(33)34-13-21-18-9-5-3-7-16(18)17-8-4-6-10-19(17)21/h3-12,15,21H,13H2,1-2H3,(H,28,33)(H,29,30)(H,31,32)/t15-/m1/s1. The Balaban J connectivity index is 1.38. The fourth-order valence-electron chi connectivity index (χ4n) is 4.09. The Labute approximate surface area is 205 Å². The van der Waals surface area contributed by atoms with E-state index in [1.54, 1.807) is 13.0 Å². The Kier molecular flexibility index (Phi) is 6.70. The number of alkyl carbamates (subject to hydrolysis) is 1. The third-order valence-electron chi connectivity index (χ3n) is 5.87. The second kappa shape index (κ2) is 9.69. The first-order chi connectivity index (χ1) is 16.3. The molecule has 174 valence electrons. The molecule has 0 spiro atoms. The number of aromatic carboxylic acids is 1. The van der Waals surface area contributed by atoms with E-state index in [9.17, 15) is 19.5 Å². The van der Waals surface area contributed by atoms with Gasteiger partial charge >= 0.3 is 12.1 Å². The number of hydrogen-bond donors (Lipinski definition) is 3. The molecule has 0 aromatic heterocycles. The molecule has 0 saturated heterocycles. The second-order valence-electron chi connectivity index (χ2n) is 8.13. The molecule has 0 fully saturated rings. The number of halogens is 1. The fraction of sp³-hybridized carbons (Fsp3) is 0.192. The predicted molar refractivity (Wildman–Crippen MR) is 132 cm³/mol. The van der Waals surface area contributed by atoms with Crippen LogP contribution in [-0.2, 0) is 9.53 Å². The van der Waals surface area contributed by atoms with Gasteiger partial charge in [0.25, 0.3) is 0 Å². The maximum Gasteiger partial charge on any atom is 0.407 e. The number of amides is 2. The summed E-state index contributed by atoms with van der Waals surface area (Å²) in [6.45, 7) is 3.42. The average molecular weight is 523 g/mol. The van der Waals surface area contributed by atoms with Crippen LogP contribution in [-0.4, -0.2) is 35.7 Å². The minimum absolute atomic E-state index is 0.0260. The molecule has 34 heavy (non-hydrogen) atoms. The molecule has 4 rings (SSSR count). The monoisotopic (exact) mass is 522 g/mol. The van der Waals surface area contributed by atoms with Crippen LogP contribution in [0, 0.1) is 6.92 Å². The van der Waals surface area contributed by atoms with Gasteiger partial charge in [-0.15, -0.1) is 0 Å². The highest BCUT2D eigenvalue weighted by Gasteiger charge is 2.29. The summed E-state index contributed by atoms with van der Waals surface area (Å²) in [5.74, 6) is -1.69. The van der Waals surface area contributed by atoms with Crippen molar-refractivity contribution >= 4 is 39.6 Å². The number of nitrogens with one attached hydrogen (secondary N) is 2. The Morgan fingerprint density at radius 2 is 1.62 bits per heavy atom. The van der Waals surface area contributed by atoms with Crippen LogP contribution in [0.1, 0.15) is 39.9 Å². The van der Waals surface area contributed by atoms with Crippen molar-refractivity contribution in [1.82, 2.24) is 5.32 Å². The van der Waals surface area contributed by atoms with Gasteiger partial charge < -0.3 is 20.5 Å². The summed E-state index contributed by atoms with van der Waals surface area (Å²) < 4.78 is 5.90. The van der Waals surface area contributed by atoms with E-state index in [0.29, 0.717) is 15.7 Å². The van der Waals surface area contributed by atoms with Crippen molar-refractivity contribution in [2.75, 3.05) is 11.9 Å². The van der Waals surface area contributed by atoms with Gasteiger partial charge in [0, 0.05) is 16.1 Å². The van der Waals surface area contributed by atoms with E-state index >= 15 is 0 Å². The highest BCUT2D eigenvalue weighted by molar-refractivity contribution is 9.10. The van der Waals surface area contributed by atoms with E-state index in [4.69, 9.17) is 4.74 Å². The zero-order valence-corrected chi connectivity index (χ0v) is 20.2. The first-order valence-electron chi connectivity index (χ1n) is 10.7. The molecular formula is C26H23BrN2O5. The second-order valence-corrected chi connectivity index (χ2v) is 8.99. The van der Waals surface area contributed by atoms with Gasteiger partial charge in [0.05, 0.1) is 5.56 Å². The zero-order chi connectivity index (χ0) is 24.4. The molecule has 0 aliphatic heterocycles. The number of anilines is 1. The van der Waals surface area contributed by atoms with Gasteiger partial charge in [-0.1, -0.05) is 48.5 Å².